The van der Waals surface area contributed by atoms with Crippen molar-refractivity contribution in [3.8, 4) is 0 Å². The van der Waals surface area contributed by atoms with Crippen LogP contribution in [-0.4, -0.2) is 40.3 Å². The molecule has 1 aliphatic carbocycles. The Bertz CT molecular complexity index is 347. The molecule has 106 valence electrons. The lowest BCUT2D eigenvalue weighted by atomic mass is 10.2. The second-order valence-corrected chi connectivity index (χ2v) is 6.70. The van der Waals surface area contributed by atoms with Gasteiger partial charge in [-0.05, 0) is 44.4 Å². The maximum absolute atomic E-state index is 11.4. The van der Waals surface area contributed by atoms with Gasteiger partial charge in [0.05, 0.1) is 19.0 Å². The SMILES string of the molecule is CCOS(=O)(=O)CC1CC1COC1CCCCO1. The molecule has 2 fully saturated rings. The van der Waals surface area contributed by atoms with Crippen LogP contribution in [0.15, 0.2) is 0 Å². The Morgan fingerprint density at radius 2 is 2.11 bits per heavy atom. The van der Waals surface area contributed by atoms with Crippen molar-refractivity contribution in [2.75, 3.05) is 25.6 Å². The summed E-state index contributed by atoms with van der Waals surface area (Å²) in [6, 6.07) is 0. The molecule has 0 aromatic rings. The van der Waals surface area contributed by atoms with Gasteiger partial charge in [0.15, 0.2) is 6.29 Å². The summed E-state index contributed by atoms with van der Waals surface area (Å²) in [5.74, 6) is 0.677. The molecule has 2 aliphatic rings. The van der Waals surface area contributed by atoms with E-state index in [0.717, 1.165) is 32.3 Å². The van der Waals surface area contributed by atoms with Crippen molar-refractivity contribution in [3.63, 3.8) is 0 Å². The summed E-state index contributed by atoms with van der Waals surface area (Å²) in [4.78, 5) is 0. The largest absolute Gasteiger partial charge is 0.353 e. The van der Waals surface area contributed by atoms with Crippen LogP contribution in [0, 0.1) is 11.8 Å². The highest BCUT2D eigenvalue weighted by Crippen LogP contribution is 2.40. The molecule has 5 nitrogen and oxygen atoms in total. The molecule has 2 rings (SSSR count). The lowest BCUT2D eigenvalue weighted by Gasteiger charge is -2.22. The molecule has 3 atom stereocenters. The standard InChI is InChI=1S/C12H22O5S/c1-2-17-18(13,14)9-11-7-10(11)8-16-12-5-3-4-6-15-12/h10-12H,2-9H2,1H3. The van der Waals surface area contributed by atoms with Crippen LogP contribution in [-0.2, 0) is 23.8 Å². The normalized spacial score (nSPS) is 32.4. The molecule has 0 spiro atoms. The fourth-order valence-corrected chi connectivity index (χ4v) is 3.67. The van der Waals surface area contributed by atoms with E-state index in [0.29, 0.717) is 12.5 Å². The maximum Gasteiger partial charge on any atom is 0.267 e. The van der Waals surface area contributed by atoms with Crippen molar-refractivity contribution in [2.24, 2.45) is 11.8 Å². The van der Waals surface area contributed by atoms with Gasteiger partial charge in [-0.3, -0.25) is 4.18 Å². The monoisotopic (exact) mass is 278 g/mol. The van der Waals surface area contributed by atoms with Crippen molar-refractivity contribution < 1.29 is 22.1 Å². The van der Waals surface area contributed by atoms with Gasteiger partial charge in [-0.15, -0.1) is 0 Å². The zero-order valence-electron chi connectivity index (χ0n) is 10.8. The fourth-order valence-electron chi connectivity index (χ4n) is 2.28. The Morgan fingerprint density at radius 1 is 1.28 bits per heavy atom. The quantitative estimate of drug-likeness (QED) is 0.661. The van der Waals surface area contributed by atoms with Gasteiger partial charge in [-0.2, -0.15) is 8.42 Å². The number of hydrogen-bond acceptors (Lipinski definition) is 5. The van der Waals surface area contributed by atoms with Crippen LogP contribution in [0.25, 0.3) is 0 Å². The van der Waals surface area contributed by atoms with Gasteiger partial charge in [-0.25, -0.2) is 0 Å². The average Bonchev–Trinajstić information content (AvgIpc) is 3.05. The summed E-state index contributed by atoms with van der Waals surface area (Å²) < 4.78 is 38.7. The van der Waals surface area contributed by atoms with E-state index in [1.54, 1.807) is 6.92 Å². The minimum absolute atomic E-state index is 0.0801. The summed E-state index contributed by atoms with van der Waals surface area (Å²) >= 11 is 0. The molecule has 18 heavy (non-hydrogen) atoms. The van der Waals surface area contributed by atoms with Crippen LogP contribution < -0.4 is 0 Å². The zero-order chi connectivity index (χ0) is 13.0. The average molecular weight is 278 g/mol. The predicted octanol–water partition coefficient (Wildman–Crippen LogP) is 1.53. The third kappa shape index (κ3) is 4.50. The van der Waals surface area contributed by atoms with Gasteiger partial charge in [0.2, 0.25) is 0 Å². The lowest BCUT2D eigenvalue weighted by Crippen LogP contribution is -2.23. The van der Waals surface area contributed by atoms with Gasteiger partial charge in [0, 0.05) is 6.61 Å². The highest BCUT2D eigenvalue weighted by molar-refractivity contribution is 7.86. The van der Waals surface area contributed by atoms with Crippen LogP contribution >= 0.6 is 0 Å². The summed E-state index contributed by atoms with van der Waals surface area (Å²) in [5, 5.41) is 0. The van der Waals surface area contributed by atoms with E-state index in [1.165, 1.54) is 0 Å². The molecular formula is C12H22O5S. The van der Waals surface area contributed by atoms with Crippen molar-refractivity contribution in [3.05, 3.63) is 0 Å². The molecule has 0 bridgehead atoms. The Labute approximate surface area is 109 Å². The molecule has 0 amide bonds. The molecule has 0 N–H and O–H groups in total. The third-order valence-corrected chi connectivity index (χ3v) is 4.85. The Balaban J connectivity index is 1.62. The van der Waals surface area contributed by atoms with Gasteiger partial charge < -0.3 is 9.47 Å². The van der Waals surface area contributed by atoms with Crippen molar-refractivity contribution in [1.82, 2.24) is 0 Å². The first-order chi connectivity index (χ1) is 8.61. The summed E-state index contributed by atoms with van der Waals surface area (Å²) in [6.07, 6.45) is 4.05. The van der Waals surface area contributed by atoms with E-state index < -0.39 is 10.1 Å². The zero-order valence-corrected chi connectivity index (χ0v) is 11.7. The molecular weight excluding hydrogens is 256 g/mol. The first-order valence-corrected chi connectivity index (χ1v) is 8.29. The number of hydrogen-bond donors (Lipinski definition) is 0. The molecule has 1 saturated carbocycles. The molecule has 0 radical (unpaired) electrons. The van der Waals surface area contributed by atoms with Gasteiger partial charge in [0.25, 0.3) is 10.1 Å². The third-order valence-electron chi connectivity index (χ3n) is 3.42. The van der Waals surface area contributed by atoms with E-state index in [9.17, 15) is 8.42 Å². The summed E-state index contributed by atoms with van der Waals surface area (Å²) in [7, 11) is -3.33. The molecule has 6 heteroatoms. The Hall–Kier alpha value is -0.170. The maximum atomic E-state index is 11.4. The van der Waals surface area contributed by atoms with E-state index in [2.05, 4.69) is 0 Å². The topological polar surface area (TPSA) is 61.8 Å². The van der Waals surface area contributed by atoms with Gasteiger partial charge in [0.1, 0.15) is 0 Å². The van der Waals surface area contributed by atoms with E-state index in [1.807, 2.05) is 0 Å². The fraction of sp³-hybridized carbons (Fsp3) is 1.00. The van der Waals surface area contributed by atoms with Crippen LogP contribution in [0.5, 0.6) is 0 Å². The first-order valence-electron chi connectivity index (χ1n) is 6.71. The molecule has 0 aromatic carbocycles. The van der Waals surface area contributed by atoms with E-state index in [-0.39, 0.29) is 24.6 Å². The molecule has 0 aromatic heterocycles. The number of ether oxygens (including phenoxy) is 2. The second kappa shape index (κ2) is 6.32. The van der Waals surface area contributed by atoms with Crippen LogP contribution in [0.2, 0.25) is 0 Å². The van der Waals surface area contributed by atoms with Gasteiger partial charge in [-0.1, -0.05) is 0 Å². The lowest BCUT2D eigenvalue weighted by molar-refractivity contribution is -0.165. The predicted molar refractivity (Wildman–Crippen MR) is 66.6 cm³/mol. The van der Waals surface area contributed by atoms with Crippen molar-refractivity contribution >= 4 is 10.1 Å². The Morgan fingerprint density at radius 3 is 2.78 bits per heavy atom. The second-order valence-electron chi connectivity index (χ2n) is 5.02. The Kier molecular flexibility index (Phi) is 5.00. The van der Waals surface area contributed by atoms with Crippen molar-refractivity contribution in [1.29, 1.82) is 0 Å². The minimum Gasteiger partial charge on any atom is -0.353 e. The van der Waals surface area contributed by atoms with Crippen LogP contribution in [0.1, 0.15) is 32.6 Å². The van der Waals surface area contributed by atoms with E-state index in [4.69, 9.17) is 13.7 Å². The van der Waals surface area contributed by atoms with Gasteiger partial charge >= 0.3 is 0 Å². The first kappa shape index (κ1) is 14.2. The molecule has 1 aliphatic heterocycles. The minimum atomic E-state index is -3.33. The molecule has 3 unspecified atom stereocenters. The van der Waals surface area contributed by atoms with Crippen LogP contribution in [0.4, 0.5) is 0 Å². The highest BCUT2D eigenvalue weighted by atomic mass is 32.2. The van der Waals surface area contributed by atoms with Crippen molar-refractivity contribution in [2.45, 2.75) is 38.9 Å². The highest BCUT2D eigenvalue weighted by Gasteiger charge is 2.41. The molecule has 1 heterocycles. The summed E-state index contributed by atoms with van der Waals surface area (Å²) in [6.45, 7) is 3.28. The van der Waals surface area contributed by atoms with Crippen LogP contribution in [0.3, 0.4) is 0 Å². The summed E-state index contributed by atoms with van der Waals surface area (Å²) in [5.41, 5.74) is 0. The number of rotatable bonds is 7. The molecule has 1 saturated heterocycles. The smallest absolute Gasteiger partial charge is 0.267 e. The van der Waals surface area contributed by atoms with E-state index >= 15 is 0 Å².